The molecule has 0 unspecified atom stereocenters. The summed E-state index contributed by atoms with van der Waals surface area (Å²) in [4.78, 5) is 12.4. The van der Waals surface area contributed by atoms with Crippen LogP contribution in [0.15, 0.2) is 12.7 Å². The molecule has 0 aromatic rings. The lowest BCUT2D eigenvalue weighted by molar-refractivity contribution is -0.124. The van der Waals surface area contributed by atoms with Crippen LogP contribution in [0.25, 0.3) is 0 Å². The Morgan fingerprint density at radius 3 is 2.80 bits per heavy atom. The molecular formula is C7H14N2O. The molecule has 0 saturated carbocycles. The number of carbonyl (C=O) groups is 1. The van der Waals surface area contributed by atoms with Crippen molar-refractivity contribution >= 4 is 5.91 Å². The van der Waals surface area contributed by atoms with Crippen LogP contribution < -0.4 is 5.73 Å². The van der Waals surface area contributed by atoms with Crippen molar-refractivity contribution in [2.45, 2.75) is 6.42 Å². The molecule has 0 aromatic carbocycles. The third kappa shape index (κ3) is 3.25. The van der Waals surface area contributed by atoms with E-state index in [2.05, 4.69) is 6.58 Å². The van der Waals surface area contributed by atoms with Crippen LogP contribution in [0.2, 0.25) is 0 Å². The second-order valence-electron chi connectivity index (χ2n) is 2.11. The van der Waals surface area contributed by atoms with Gasteiger partial charge in [0.25, 0.3) is 0 Å². The van der Waals surface area contributed by atoms with Crippen LogP contribution in [-0.4, -0.2) is 30.9 Å². The van der Waals surface area contributed by atoms with Crippen molar-refractivity contribution in [2.75, 3.05) is 20.1 Å². The van der Waals surface area contributed by atoms with Gasteiger partial charge >= 0.3 is 0 Å². The minimum atomic E-state index is -0.0477. The molecule has 0 aliphatic heterocycles. The highest BCUT2D eigenvalue weighted by molar-refractivity contribution is 5.86. The van der Waals surface area contributed by atoms with E-state index in [4.69, 9.17) is 5.73 Å². The third-order valence-electron chi connectivity index (χ3n) is 1.25. The summed E-state index contributed by atoms with van der Waals surface area (Å²) in [6, 6.07) is 0. The Kier molecular flexibility index (Phi) is 4.58. The Morgan fingerprint density at radius 1 is 1.80 bits per heavy atom. The summed E-state index contributed by atoms with van der Waals surface area (Å²) in [6.45, 7) is 4.70. The molecule has 0 atom stereocenters. The molecule has 0 spiro atoms. The van der Waals surface area contributed by atoms with E-state index in [9.17, 15) is 4.79 Å². The first kappa shape index (κ1) is 9.17. The van der Waals surface area contributed by atoms with Gasteiger partial charge in [-0.15, -0.1) is 0 Å². The van der Waals surface area contributed by atoms with Crippen LogP contribution in [-0.2, 0) is 4.79 Å². The molecule has 3 nitrogen and oxygen atoms in total. The maximum Gasteiger partial charge on any atom is 0.245 e. The van der Waals surface area contributed by atoms with Gasteiger partial charge in [-0.05, 0) is 19.0 Å². The zero-order chi connectivity index (χ0) is 7.98. The van der Waals surface area contributed by atoms with Gasteiger partial charge in [0.2, 0.25) is 5.91 Å². The third-order valence-corrected chi connectivity index (χ3v) is 1.25. The highest BCUT2D eigenvalue weighted by atomic mass is 16.2. The fourth-order valence-corrected chi connectivity index (χ4v) is 0.594. The molecule has 0 bridgehead atoms. The molecule has 0 radical (unpaired) electrons. The Labute approximate surface area is 61.5 Å². The number of hydrogen-bond acceptors (Lipinski definition) is 2. The highest BCUT2D eigenvalue weighted by Crippen LogP contribution is 1.86. The second kappa shape index (κ2) is 4.99. The van der Waals surface area contributed by atoms with Gasteiger partial charge in [-0.2, -0.15) is 0 Å². The summed E-state index contributed by atoms with van der Waals surface area (Å²) in [6.07, 6.45) is 2.15. The number of nitrogens with two attached hydrogens (primary N) is 1. The molecule has 1 amide bonds. The predicted octanol–water partition coefficient (Wildman–Crippen LogP) is -0.0204. The molecule has 0 aliphatic rings. The van der Waals surface area contributed by atoms with Gasteiger partial charge in [-0.1, -0.05) is 6.58 Å². The Morgan fingerprint density at radius 2 is 2.40 bits per heavy atom. The SMILES string of the molecule is C=CC(=O)N(C)CCCN. The van der Waals surface area contributed by atoms with Gasteiger partial charge in [0.1, 0.15) is 0 Å². The topological polar surface area (TPSA) is 46.3 Å². The smallest absolute Gasteiger partial charge is 0.245 e. The number of rotatable bonds is 4. The van der Waals surface area contributed by atoms with E-state index in [1.807, 2.05) is 0 Å². The van der Waals surface area contributed by atoms with Gasteiger partial charge in [-0.3, -0.25) is 4.79 Å². The standard InChI is InChI=1S/C7H14N2O/c1-3-7(10)9(2)6-4-5-8/h3H,1,4-6,8H2,2H3. The summed E-state index contributed by atoms with van der Waals surface area (Å²) in [5.74, 6) is -0.0477. The molecule has 0 rings (SSSR count). The van der Waals surface area contributed by atoms with E-state index in [1.165, 1.54) is 6.08 Å². The molecule has 3 heteroatoms. The molecular weight excluding hydrogens is 128 g/mol. The van der Waals surface area contributed by atoms with Gasteiger partial charge in [0.05, 0.1) is 0 Å². The molecule has 10 heavy (non-hydrogen) atoms. The van der Waals surface area contributed by atoms with Crippen LogP contribution >= 0.6 is 0 Å². The maximum atomic E-state index is 10.8. The van der Waals surface area contributed by atoms with Crippen molar-refractivity contribution in [1.29, 1.82) is 0 Å². The number of likely N-dealkylation sites (N-methyl/N-ethyl adjacent to an activating group) is 1. The van der Waals surface area contributed by atoms with E-state index in [1.54, 1.807) is 11.9 Å². The first-order chi connectivity index (χ1) is 4.72. The van der Waals surface area contributed by atoms with Crippen molar-refractivity contribution in [1.82, 2.24) is 4.90 Å². The minimum absolute atomic E-state index is 0.0477. The Hall–Kier alpha value is -0.830. The molecule has 0 saturated heterocycles. The molecule has 0 fully saturated rings. The number of amides is 1. The molecule has 0 heterocycles. The van der Waals surface area contributed by atoms with Gasteiger partial charge in [-0.25, -0.2) is 0 Å². The van der Waals surface area contributed by atoms with E-state index in [0.29, 0.717) is 13.1 Å². The highest BCUT2D eigenvalue weighted by Gasteiger charge is 2.00. The first-order valence-electron chi connectivity index (χ1n) is 3.30. The number of hydrogen-bond donors (Lipinski definition) is 1. The zero-order valence-electron chi connectivity index (χ0n) is 6.34. The number of carbonyl (C=O) groups excluding carboxylic acids is 1. The van der Waals surface area contributed by atoms with Crippen molar-refractivity contribution in [3.05, 3.63) is 12.7 Å². The summed E-state index contributed by atoms with van der Waals surface area (Å²) in [5, 5.41) is 0. The predicted molar refractivity (Wildman–Crippen MR) is 41.5 cm³/mol. The summed E-state index contributed by atoms with van der Waals surface area (Å²) < 4.78 is 0. The average molecular weight is 142 g/mol. The number of nitrogens with zero attached hydrogens (tertiary/aromatic N) is 1. The van der Waals surface area contributed by atoms with Gasteiger partial charge < -0.3 is 10.6 Å². The van der Waals surface area contributed by atoms with Crippen molar-refractivity contribution < 1.29 is 4.79 Å². The lowest BCUT2D eigenvalue weighted by Crippen LogP contribution is -2.26. The molecule has 2 N–H and O–H groups in total. The Bertz CT molecular complexity index is 123. The summed E-state index contributed by atoms with van der Waals surface area (Å²) >= 11 is 0. The fourth-order valence-electron chi connectivity index (χ4n) is 0.594. The zero-order valence-corrected chi connectivity index (χ0v) is 6.34. The molecule has 58 valence electrons. The monoisotopic (exact) mass is 142 g/mol. The fraction of sp³-hybridized carbons (Fsp3) is 0.571. The molecule has 0 aliphatic carbocycles. The Balaban J connectivity index is 3.51. The van der Waals surface area contributed by atoms with Crippen LogP contribution in [0.5, 0.6) is 0 Å². The lowest BCUT2D eigenvalue weighted by atomic mass is 10.4. The van der Waals surface area contributed by atoms with Crippen molar-refractivity contribution in [3.63, 3.8) is 0 Å². The van der Waals surface area contributed by atoms with Crippen LogP contribution in [0.4, 0.5) is 0 Å². The van der Waals surface area contributed by atoms with Crippen LogP contribution in [0.1, 0.15) is 6.42 Å². The summed E-state index contributed by atoms with van der Waals surface area (Å²) in [7, 11) is 1.74. The van der Waals surface area contributed by atoms with Crippen LogP contribution in [0.3, 0.4) is 0 Å². The second-order valence-corrected chi connectivity index (χ2v) is 2.11. The minimum Gasteiger partial charge on any atom is -0.342 e. The van der Waals surface area contributed by atoms with E-state index in [0.717, 1.165) is 6.42 Å². The van der Waals surface area contributed by atoms with Crippen molar-refractivity contribution in [2.24, 2.45) is 5.73 Å². The van der Waals surface area contributed by atoms with E-state index >= 15 is 0 Å². The normalized spacial score (nSPS) is 9.00. The first-order valence-corrected chi connectivity index (χ1v) is 3.30. The lowest BCUT2D eigenvalue weighted by Gasteiger charge is -2.13. The van der Waals surface area contributed by atoms with Gasteiger partial charge in [0, 0.05) is 13.6 Å². The van der Waals surface area contributed by atoms with E-state index < -0.39 is 0 Å². The quantitative estimate of drug-likeness (QED) is 0.561. The van der Waals surface area contributed by atoms with Crippen molar-refractivity contribution in [3.8, 4) is 0 Å². The molecule has 0 aromatic heterocycles. The van der Waals surface area contributed by atoms with E-state index in [-0.39, 0.29) is 5.91 Å². The largest absolute Gasteiger partial charge is 0.342 e. The van der Waals surface area contributed by atoms with Crippen LogP contribution in [0, 0.1) is 0 Å². The average Bonchev–Trinajstić information content (AvgIpc) is 1.98. The maximum absolute atomic E-state index is 10.8. The summed E-state index contributed by atoms with van der Waals surface area (Å²) in [5.41, 5.74) is 5.25. The van der Waals surface area contributed by atoms with Gasteiger partial charge in [0.15, 0.2) is 0 Å².